The number of nitrogens with zero attached hydrogens (tertiary/aromatic N) is 2. The number of nitrogens with one attached hydrogen (secondary N) is 2. The minimum atomic E-state index is -0.0185. The number of rotatable bonds is 5. The predicted octanol–water partition coefficient (Wildman–Crippen LogP) is 2.68. The summed E-state index contributed by atoms with van der Waals surface area (Å²) in [6.07, 6.45) is 1.79. The first-order chi connectivity index (χ1) is 9.32. The van der Waals surface area contributed by atoms with E-state index in [1.807, 2.05) is 0 Å². The summed E-state index contributed by atoms with van der Waals surface area (Å²) in [4.78, 5) is 8.77. The van der Waals surface area contributed by atoms with E-state index in [2.05, 4.69) is 62.2 Å². The van der Waals surface area contributed by atoms with Gasteiger partial charge >= 0.3 is 0 Å². The van der Waals surface area contributed by atoms with E-state index in [0.717, 1.165) is 24.8 Å². The van der Waals surface area contributed by atoms with Crippen LogP contribution in [0.3, 0.4) is 0 Å². The van der Waals surface area contributed by atoms with Crippen molar-refractivity contribution in [3.63, 3.8) is 0 Å². The zero-order valence-electron chi connectivity index (χ0n) is 13.6. The van der Waals surface area contributed by atoms with E-state index < -0.39 is 0 Å². The maximum Gasteiger partial charge on any atom is 0.216 e. The fourth-order valence-corrected chi connectivity index (χ4v) is 1.52. The second-order valence-electron chi connectivity index (χ2n) is 6.34. The quantitative estimate of drug-likeness (QED) is 0.643. The Morgan fingerprint density at radius 3 is 2.55 bits per heavy atom. The van der Waals surface area contributed by atoms with Crippen LogP contribution in [0.1, 0.15) is 53.2 Å². The van der Waals surface area contributed by atoms with E-state index in [4.69, 9.17) is 4.42 Å². The van der Waals surface area contributed by atoms with Crippen LogP contribution in [-0.2, 0) is 12.0 Å². The molecule has 0 aliphatic heterocycles. The molecule has 0 spiro atoms. The first-order valence-corrected chi connectivity index (χ1v) is 7.30. The van der Waals surface area contributed by atoms with E-state index in [0.29, 0.717) is 18.4 Å². The maximum absolute atomic E-state index is 5.73. The third kappa shape index (κ3) is 5.63. The van der Waals surface area contributed by atoms with E-state index in [9.17, 15) is 0 Å². The van der Waals surface area contributed by atoms with Crippen molar-refractivity contribution in [1.29, 1.82) is 0 Å². The van der Waals surface area contributed by atoms with Crippen LogP contribution in [0.5, 0.6) is 0 Å². The normalized spacial score (nSPS) is 12.8. The Hall–Kier alpha value is -1.52. The highest BCUT2D eigenvalue weighted by Gasteiger charge is 2.18. The average molecular weight is 280 g/mol. The molecule has 0 atom stereocenters. The third-order valence-electron chi connectivity index (χ3n) is 2.69. The van der Waals surface area contributed by atoms with Gasteiger partial charge in [-0.3, -0.25) is 0 Å². The molecular weight excluding hydrogens is 252 g/mol. The van der Waals surface area contributed by atoms with Crippen molar-refractivity contribution in [3.8, 4) is 0 Å². The Bertz CT molecular complexity index is 429. The number of hydrogen-bond acceptors (Lipinski definition) is 3. The molecule has 0 saturated heterocycles. The van der Waals surface area contributed by atoms with Gasteiger partial charge in [0.1, 0.15) is 12.3 Å². The summed E-state index contributed by atoms with van der Waals surface area (Å²) in [6, 6.07) is 0. The van der Waals surface area contributed by atoms with Crippen LogP contribution in [0.25, 0.3) is 0 Å². The molecule has 0 radical (unpaired) electrons. The van der Waals surface area contributed by atoms with E-state index in [-0.39, 0.29) is 5.41 Å². The fourth-order valence-electron chi connectivity index (χ4n) is 1.52. The predicted molar refractivity (Wildman–Crippen MR) is 82.9 cm³/mol. The molecule has 0 aliphatic rings. The van der Waals surface area contributed by atoms with Crippen molar-refractivity contribution in [3.05, 3.63) is 17.8 Å². The monoisotopic (exact) mass is 280 g/mol. The van der Waals surface area contributed by atoms with Gasteiger partial charge < -0.3 is 15.1 Å². The molecule has 5 heteroatoms. The van der Waals surface area contributed by atoms with Gasteiger partial charge in [0.05, 0.1) is 6.20 Å². The van der Waals surface area contributed by atoms with E-state index in [1.165, 1.54) is 0 Å². The lowest BCUT2D eigenvalue weighted by atomic mass is 9.94. The summed E-state index contributed by atoms with van der Waals surface area (Å²) in [7, 11) is 0. The molecular formula is C15H28N4O. The molecule has 20 heavy (non-hydrogen) atoms. The van der Waals surface area contributed by atoms with E-state index in [1.54, 1.807) is 6.20 Å². The van der Waals surface area contributed by atoms with Crippen LogP contribution in [-0.4, -0.2) is 24.0 Å². The molecule has 114 valence electrons. The number of aliphatic imine (C=N–C) groups is 1. The van der Waals surface area contributed by atoms with Crippen molar-refractivity contribution >= 4 is 5.96 Å². The molecule has 0 bridgehead atoms. The average Bonchev–Trinajstić information content (AvgIpc) is 2.81. The summed E-state index contributed by atoms with van der Waals surface area (Å²) in [6.45, 7) is 14.9. The van der Waals surface area contributed by atoms with Crippen LogP contribution >= 0.6 is 0 Å². The van der Waals surface area contributed by atoms with Gasteiger partial charge in [-0.1, -0.05) is 34.6 Å². The zero-order valence-corrected chi connectivity index (χ0v) is 13.6. The molecule has 0 fully saturated rings. The molecule has 0 unspecified atom stereocenters. The highest BCUT2D eigenvalue weighted by atomic mass is 16.4. The number of oxazole rings is 1. The highest BCUT2D eigenvalue weighted by molar-refractivity contribution is 5.79. The topological polar surface area (TPSA) is 62.5 Å². The lowest BCUT2D eigenvalue weighted by Crippen LogP contribution is -2.39. The zero-order chi connectivity index (χ0) is 15.2. The molecule has 0 amide bonds. The van der Waals surface area contributed by atoms with Crippen molar-refractivity contribution in [2.45, 2.75) is 53.5 Å². The Kier molecular flexibility index (Phi) is 6.05. The van der Waals surface area contributed by atoms with Crippen LogP contribution in [0.2, 0.25) is 0 Å². The SMILES string of the molecule is CCNC(=NCc1ncc(C(C)(C)C)o1)NCC(C)C. The summed E-state index contributed by atoms with van der Waals surface area (Å²) in [5.41, 5.74) is -0.0185. The maximum atomic E-state index is 5.73. The van der Waals surface area contributed by atoms with Gasteiger partial charge in [0.25, 0.3) is 0 Å². The minimum absolute atomic E-state index is 0.0185. The smallest absolute Gasteiger partial charge is 0.216 e. The molecule has 0 aromatic carbocycles. The Morgan fingerprint density at radius 1 is 1.35 bits per heavy atom. The van der Waals surface area contributed by atoms with Gasteiger partial charge in [0.2, 0.25) is 5.89 Å². The van der Waals surface area contributed by atoms with Gasteiger partial charge in [-0.05, 0) is 12.8 Å². The van der Waals surface area contributed by atoms with Gasteiger partial charge in [0, 0.05) is 18.5 Å². The van der Waals surface area contributed by atoms with Gasteiger partial charge in [0.15, 0.2) is 5.96 Å². The van der Waals surface area contributed by atoms with Crippen LogP contribution in [0.4, 0.5) is 0 Å². The van der Waals surface area contributed by atoms with Crippen molar-refractivity contribution in [2.24, 2.45) is 10.9 Å². The Labute approximate surface area is 122 Å². The van der Waals surface area contributed by atoms with Crippen molar-refractivity contribution in [2.75, 3.05) is 13.1 Å². The van der Waals surface area contributed by atoms with Gasteiger partial charge in [-0.25, -0.2) is 9.98 Å². The number of aromatic nitrogens is 1. The minimum Gasteiger partial charge on any atom is -0.443 e. The lowest BCUT2D eigenvalue weighted by molar-refractivity contribution is 0.383. The first-order valence-electron chi connectivity index (χ1n) is 7.30. The van der Waals surface area contributed by atoms with Crippen LogP contribution in [0.15, 0.2) is 15.6 Å². The van der Waals surface area contributed by atoms with Crippen LogP contribution in [0, 0.1) is 5.92 Å². The Balaban J connectivity index is 2.64. The Morgan fingerprint density at radius 2 is 2.05 bits per heavy atom. The standard InChI is InChI=1S/C15H28N4O/c1-7-16-14(18-8-11(2)3)19-10-13-17-9-12(20-13)15(4,5)6/h9,11H,7-8,10H2,1-6H3,(H2,16,18,19). The van der Waals surface area contributed by atoms with Gasteiger partial charge in [-0.15, -0.1) is 0 Å². The molecule has 0 saturated carbocycles. The molecule has 1 aromatic heterocycles. The van der Waals surface area contributed by atoms with E-state index >= 15 is 0 Å². The molecule has 1 heterocycles. The summed E-state index contributed by atoms with van der Waals surface area (Å²) in [5.74, 6) is 2.92. The largest absolute Gasteiger partial charge is 0.443 e. The van der Waals surface area contributed by atoms with Crippen molar-refractivity contribution < 1.29 is 4.42 Å². The second-order valence-corrected chi connectivity index (χ2v) is 6.34. The van der Waals surface area contributed by atoms with Crippen LogP contribution < -0.4 is 10.6 Å². The number of hydrogen-bond donors (Lipinski definition) is 2. The lowest BCUT2D eigenvalue weighted by Gasteiger charge is -2.13. The highest BCUT2D eigenvalue weighted by Crippen LogP contribution is 2.22. The fraction of sp³-hybridized carbons (Fsp3) is 0.733. The third-order valence-corrected chi connectivity index (χ3v) is 2.69. The molecule has 0 aliphatic carbocycles. The second kappa shape index (κ2) is 7.31. The molecule has 1 rings (SSSR count). The summed E-state index contributed by atoms with van der Waals surface area (Å²) < 4.78 is 5.73. The van der Waals surface area contributed by atoms with Crippen molar-refractivity contribution in [1.82, 2.24) is 15.6 Å². The van der Waals surface area contributed by atoms with Gasteiger partial charge in [-0.2, -0.15) is 0 Å². The first kappa shape index (κ1) is 16.5. The summed E-state index contributed by atoms with van der Waals surface area (Å²) in [5, 5.41) is 6.51. The molecule has 2 N–H and O–H groups in total. The number of guanidine groups is 1. The molecule has 5 nitrogen and oxygen atoms in total. The molecule has 1 aromatic rings. The summed E-state index contributed by atoms with van der Waals surface area (Å²) >= 11 is 0.